The molecule has 0 spiro atoms. The number of halogens is 1. The summed E-state index contributed by atoms with van der Waals surface area (Å²) in [6.07, 6.45) is 2.79. The largest absolute Gasteiger partial charge is 0.448 e. The molecule has 1 saturated heterocycles. The van der Waals surface area contributed by atoms with E-state index in [0.717, 1.165) is 0 Å². The third-order valence-corrected chi connectivity index (χ3v) is 1.78. The summed E-state index contributed by atoms with van der Waals surface area (Å²) >= 11 is 1.67. The van der Waals surface area contributed by atoms with Gasteiger partial charge in [0.05, 0.1) is 6.54 Å². The molecule has 0 saturated carbocycles. The quantitative estimate of drug-likeness (QED) is 0.439. The lowest BCUT2D eigenvalue weighted by atomic mass is 10.4. The molecule has 0 radical (unpaired) electrons. The zero-order valence-corrected chi connectivity index (χ0v) is 8.48. The Balaban J connectivity index is 2.31. The van der Waals surface area contributed by atoms with Crippen molar-refractivity contribution in [3.8, 4) is 0 Å². The monoisotopic (exact) mass is 281 g/mol. The predicted octanol–water partition coefficient (Wildman–Crippen LogP) is 0.956. The maximum absolute atomic E-state index is 10.8. The fourth-order valence-corrected chi connectivity index (χ4v) is 1.12. The van der Waals surface area contributed by atoms with Gasteiger partial charge in [-0.05, 0) is 6.08 Å². The molecule has 1 aliphatic rings. The average molecular weight is 281 g/mol. The third kappa shape index (κ3) is 2.80. The second-order valence-electron chi connectivity index (χ2n) is 2.27. The van der Waals surface area contributed by atoms with Gasteiger partial charge in [-0.1, -0.05) is 6.08 Å². The Labute approximate surface area is 83.7 Å². The highest BCUT2D eigenvalue weighted by molar-refractivity contribution is 14.1. The van der Waals surface area contributed by atoms with Crippen molar-refractivity contribution in [1.82, 2.24) is 4.90 Å². The number of allylic oxidation sites excluding steroid dienone is 1. The number of cyclic esters (lactones) is 1. The second kappa shape index (κ2) is 4.44. The van der Waals surface area contributed by atoms with Crippen LogP contribution in [0.5, 0.6) is 0 Å². The van der Waals surface area contributed by atoms with Gasteiger partial charge in [0.15, 0.2) is 0 Å². The smallest absolute Gasteiger partial charge is 0.410 e. The van der Waals surface area contributed by atoms with Gasteiger partial charge < -0.3 is 9.64 Å². The molecule has 1 fully saturated rings. The highest BCUT2D eigenvalue weighted by Gasteiger charge is 2.19. The highest BCUT2D eigenvalue weighted by Crippen LogP contribution is 2.02. The number of hydrogen-bond donors (Lipinski definition) is 0. The molecule has 12 heavy (non-hydrogen) atoms. The fraction of sp³-hybridized carbons (Fsp3) is 0.429. The summed E-state index contributed by atoms with van der Waals surface area (Å²) in [7, 11) is 0. The van der Waals surface area contributed by atoms with E-state index in [-0.39, 0.29) is 9.88 Å². The van der Waals surface area contributed by atoms with E-state index in [9.17, 15) is 9.59 Å². The maximum atomic E-state index is 10.8. The fourth-order valence-electron chi connectivity index (χ4n) is 0.864. The Morgan fingerprint density at radius 3 is 3.00 bits per heavy atom. The van der Waals surface area contributed by atoms with Gasteiger partial charge >= 0.3 is 6.09 Å². The number of nitrogens with zero attached hydrogens (tertiary/aromatic N) is 1. The van der Waals surface area contributed by atoms with Crippen LogP contribution in [0.2, 0.25) is 0 Å². The Kier molecular flexibility index (Phi) is 3.51. The van der Waals surface area contributed by atoms with Crippen LogP contribution in [0.4, 0.5) is 4.79 Å². The number of carbonyl (C=O) groups excluding carboxylic acids is 2. The van der Waals surface area contributed by atoms with Crippen molar-refractivity contribution in [3.05, 3.63) is 12.2 Å². The number of ether oxygens (including phenoxy) is 1. The topological polar surface area (TPSA) is 46.6 Å². The molecule has 0 unspecified atom stereocenters. The van der Waals surface area contributed by atoms with Gasteiger partial charge in [-0.3, -0.25) is 4.79 Å². The van der Waals surface area contributed by atoms with E-state index in [4.69, 9.17) is 0 Å². The van der Waals surface area contributed by atoms with Crippen LogP contribution in [0.3, 0.4) is 0 Å². The average Bonchev–Trinajstić information content (AvgIpc) is 2.36. The molecule has 0 N–H and O–H groups in total. The molecular weight excluding hydrogens is 273 g/mol. The van der Waals surface area contributed by atoms with Crippen molar-refractivity contribution in [3.63, 3.8) is 0 Å². The molecule has 5 heteroatoms. The lowest BCUT2D eigenvalue weighted by Crippen LogP contribution is -2.24. The van der Waals surface area contributed by atoms with Crippen molar-refractivity contribution in [2.75, 3.05) is 19.7 Å². The second-order valence-corrected chi connectivity index (χ2v) is 3.33. The summed E-state index contributed by atoms with van der Waals surface area (Å²) < 4.78 is 4.65. The number of amides is 1. The SMILES string of the molecule is O=C(I)/C=C/CN1CCOC1=O. The zero-order chi connectivity index (χ0) is 8.97. The van der Waals surface area contributed by atoms with E-state index in [1.54, 1.807) is 28.7 Å². The minimum atomic E-state index is -0.305. The van der Waals surface area contributed by atoms with Crippen molar-refractivity contribution in [2.24, 2.45) is 0 Å². The van der Waals surface area contributed by atoms with E-state index in [1.807, 2.05) is 0 Å². The molecule has 0 aromatic carbocycles. The standard InChI is InChI=1S/C7H8INO3/c8-6(10)2-1-3-9-4-5-12-7(9)11/h1-2H,3-5H2/b2-1+. The normalized spacial score (nSPS) is 17.1. The summed E-state index contributed by atoms with van der Waals surface area (Å²) in [5.41, 5.74) is 0. The van der Waals surface area contributed by atoms with Crippen LogP contribution in [0.15, 0.2) is 12.2 Å². The highest BCUT2D eigenvalue weighted by atomic mass is 127. The molecule has 1 amide bonds. The molecule has 0 aliphatic carbocycles. The molecule has 1 heterocycles. The lowest BCUT2D eigenvalue weighted by molar-refractivity contribution is -0.105. The van der Waals surface area contributed by atoms with Gasteiger partial charge in [-0.25, -0.2) is 4.79 Å². The molecule has 1 aliphatic heterocycles. The number of hydrogen-bond acceptors (Lipinski definition) is 3. The van der Waals surface area contributed by atoms with Crippen LogP contribution in [0.1, 0.15) is 0 Å². The molecule has 0 aromatic heterocycles. The van der Waals surface area contributed by atoms with Crippen LogP contribution < -0.4 is 0 Å². The van der Waals surface area contributed by atoms with E-state index >= 15 is 0 Å². The van der Waals surface area contributed by atoms with Crippen LogP contribution >= 0.6 is 22.6 Å². The van der Waals surface area contributed by atoms with Gasteiger partial charge in [-0.15, -0.1) is 0 Å². The van der Waals surface area contributed by atoms with Gasteiger partial charge in [0.2, 0.25) is 3.79 Å². The molecular formula is C7H8INO3. The minimum Gasteiger partial charge on any atom is -0.448 e. The van der Waals surface area contributed by atoms with Crippen LogP contribution in [-0.4, -0.2) is 34.5 Å². The summed E-state index contributed by atoms with van der Waals surface area (Å²) in [5.74, 6) is 0. The van der Waals surface area contributed by atoms with E-state index in [1.165, 1.54) is 11.0 Å². The van der Waals surface area contributed by atoms with Crippen LogP contribution in [0.25, 0.3) is 0 Å². The first-order valence-corrected chi connectivity index (χ1v) is 4.56. The summed E-state index contributed by atoms with van der Waals surface area (Å²) in [6, 6.07) is 0. The Morgan fingerprint density at radius 1 is 1.75 bits per heavy atom. The first kappa shape index (κ1) is 9.50. The Bertz CT molecular complexity index is 227. The van der Waals surface area contributed by atoms with Crippen LogP contribution in [-0.2, 0) is 9.53 Å². The predicted molar refractivity (Wildman–Crippen MR) is 51.1 cm³/mol. The van der Waals surface area contributed by atoms with Gasteiger partial charge in [0.25, 0.3) is 0 Å². The molecule has 4 nitrogen and oxygen atoms in total. The minimum absolute atomic E-state index is 0.0415. The molecule has 0 aromatic rings. The third-order valence-electron chi connectivity index (χ3n) is 1.42. The van der Waals surface area contributed by atoms with Crippen molar-refractivity contribution >= 4 is 32.5 Å². The van der Waals surface area contributed by atoms with Gasteiger partial charge in [0, 0.05) is 29.1 Å². The first-order valence-electron chi connectivity index (χ1n) is 3.48. The first-order chi connectivity index (χ1) is 5.70. The Hall–Kier alpha value is -0.590. The zero-order valence-electron chi connectivity index (χ0n) is 6.33. The molecule has 0 bridgehead atoms. The van der Waals surface area contributed by atoms with Crippen molar-refractivity contribution in [1.29, 1.82) is 0 Å². The number of carbonyl (C=O) groups is 2. The molecule has 66 valence electrons. The Morgan fingerprint density at radius 2 is 2.50 bits per heavy atom. The van der Waals surface area contributed by atoms with Gasteiger partial charge in [0.1, 0.15) is 6.61 Å². The van der Waals surface area contributed by atoms with E-state index in [2.05, 4.69) is 4.74 Å². The molecule has 1 rings (SSSR count). The number of rotatable bonds is 3. The van der Waals surface area contributed by atoms with Gasteiger partial charge in [-0.2, -0.15) is 0 Å². The molecule has 0 atom stereocenters. The summed E-state index contributed by atoms with van der Waals surface area (Å²) in [4.78, 5) is 22.8. The van der Waals surface area contributed by atoms with E-state index < -0.39 is 0 Å². The summed E-state index contributed by atoms with van der Waals surface area (Å²) in [6.45, 7) is 1.51. The van der Waals surface area contributed by atoms with Crippen molar-refractivity contribution < 1.29 is 14.3 Å². The van der Waals surface area contributed by atoms with Crippen molar-refractivity contribution in [2.45, 2.75) is 0 Å². The summed E-state index contributed by atoms with van der Waals surface area (Å²) in [5, 5.41) is 0. The van der Waals surface area contributed by atoms with E-state index in [0.29, 0.717) is 19.7 Å². The maximum Gasteiger partial charge on any atom is 0.410 e. The lowest BCUT2D eigenvalue weighted by Gasteiger charge is -2.07. The van der Waals surface area contributed by atoms with Crippen LogP contribution in [0, 0.1) is 0 Å².